The van der Waals surface area contributed by atoms with Crippen molar-refractivity contribution in [2.24, 2.45) is 0 Å². The lowest BCUT2D eigenvalue weighted by Crippen LogP contribution is -2.70. The highest BCUT2D eigenvalue weighted by Crippen LogP contribution is 2.38. The fourth-order valence-corrected chi connectivity index (χ4v) is 9.70. The monoisotopic (exact) mass is 1120 g/mol. The van der Waals surface area contributed by atoms with E-state index >= 15 is 0 Å². The standard InChI is InChI=1S/C54H88N2O22/c1-4-6-8-9-10-11-12-13-14-15-16-17-22-25-37(73-50(69)33-23-20-18-21-24-33)34(56-40(63)26-19-7-5-2)31-72-51-45(67)44(66)47(39(30-59)75-51)76-52-46(68)49(43(65)38(29-58)74-52)78-54(53(70)71)27-35(61)41(55-32(3)60)48(77-54)42(64)36(62)28-57/h18,20-25,34-39,41-49,51-52,57-59,61-62,64-68H,4-17,19,26-31H2,1-3H3,(H,55,60)(H,56,63)(H,70,71)/b25-22+/t34-,35-,36+,37+,38+,39+,41+,42+,43-,44+,45+,46+,47+,48-,49-,51+,52+,54-/m0/s1. The lowest BCUT2D eigenvalue weighted by molar-refractivity contribution is -0.386. The first kappa shape index (κ1) is 66.7. The van der Waals surface area contributed by atoms with Gasteiger partial charge in [0.15, 0.2) is 12.6 Å². The second-order valence-electron chi connectivity index (χ2n) is 20.4. The summed E-state index contributed by atoms with van der Waals surface area (Å²) in [5.74, 6) is -6.93. The third-order valence-electron chi connectivity index (χ3n) is 14.2. The van der Waals surface area contributed by atoms with Crippen molar-refractivity contribution in [1.29, 1.82) is 0 Å². The van der Waals surface area contributed by atoms with Crippen molar-refractivity contribution < 1.29 is 109 Å². The molecule has 3 aliphatic heterocycles. The molecule has 18 atom stereocenters. The fourth-order valence-electron chi connectivity index (χ4n) is 9.70. The van der Waals surface area contributed by atoms with Gasteiger partial charge in [-0.25, -0.2) is 9.59 Å². The Morgan fingerprint density at radius 3 is 1.95 bits per heavy atom. The summed E-state index contributed by atoms with van der Waals surface area (Å²) in [4.78, 5) is 52.0. The van der Waals surface area contributed by atoms with Gasteiger partial charge in [0.1, 0.15) is 73.2 Å². The van der Waals surface area contributed by atoms with Gasteiger partial charge < -0.3 is 100.0 Å². The van der Waals surface area contributed by atoms with Crippen molar-refractivity contribution in [2.45, 2.75) is 240 Å². The number of ether oxygens (including phenoxy) is 7. The summed E-state index contributed by atoms with van der Waals surface area (Å²) < 4.78 is 40.8. The molecule has 0 saturated carbocycles. The van der Waals surface area contributed by atoms with Gasteiger partial charge in [-0.15, -0.1) is 0 Å². The van der Waals surface area contributed by atoms with Crippen LogP contribution in [0, 0.1) is 0 Å². The van der Waals surface area contributed by atoms with Crippen LogP contribution in [0.4, 0.5) is 0 Å². The van der Waals surface area contributed by atoms with Crippen molar-refractivity contribution in [1.82, 2.24) is 10.6 Å². The zero-order chi connectivity index (χ0) is 57.4. The third kappa shape index (κ3) is 19.7. The van der Waals surface area contributed by atoms with E-state index in [4.69, 9.17) is 33.2 Å². The summed E-state index contributed by atoms with van der Waals surface area (Å²) in [7, 11) is 0. The highest BCUT2D eigenvalue weighted by Gasteiger charge is 2.60. The first-order valence-electron chi connectivity index (χ1n) is 27.6. The van der Waals surface area contributed by atoms with E-state index in [1.165, 1.54) is 44.9 Å². The Kier molecular flexibility index (Phi) is 29.5. The van der Waals surface area contributed by atoms with Gasteiger partial charge in [0, 0.05) is 19.8 Å². The Labute approximate surface area is 456 Å². The lowest BCUT2D eigenvalue weighted by Gasteiger charge is -2.50. The molecular weight excluding hydrogens is 1030 g/mol. The molecule has 3 aliphatic rings. The molecule has 0 spiro atoms. The van der Waals surface area contributed by atoms with Crippen LogP contribution in [-0.2, 0) is 47.5 Å². The van der Waals surface area contributed by atoms with Gasteiger partial charge >= 0.3 is 11.9 Å². The van der Waals surface area contributed by atoms with Gasteiger partial charge in [0.2, 0.25) is 11.8 Å². The molecule has 446 valence electrons. The molecule has 4 rings (SSSR count). The van der Waals surface area contributed by atoms with Crippen molar-refractivity contribution >= 4 is 23.8 Å². The maximum absolute atomic E-state index is 13.6. The zero-order valence-corrected chi connectivity index (χ0v) is 45.1. The molecule has 0 aliphatic carbocycles. The molecule has 13 N–H and O–H groups in total. The van der Waals surface area contributed by atoms with Crippen LogP contribution >= 0.6 is 0 Å². The second-order valence-corrected chi connectivity index (χ2v) is 20.4. The van der Waals surface area contributed by atoms with Crippen LogP contribution in [0.3, 0.4) is 0 Å². The van der Waals surface area contributed by atoms with Gasteiger partial charge in [-0.3, -0.25) is 9.59 Å². The number of hydrogen-bond acceptors (Lipinski definition) is 21. The number of aliphatic hydroxyl groups excluding tert-OH is 10. The van der Waals surface area contributed by atoms with E-state index in [0.717, 1.165) is 45.4 Å². The van der Waals surface area contributed by atoms with E-state index < -0.39 is 160 Å². The number of rotatable bonds is 35. The Hall–Kier alpha value is -3.80. The second kappa shape index (κ2) is 34.5. The number of nitrogens with one attached hydrogen (secondary N) is 2. The van der Waals surface area contributed by atoms with Gasteiger partial charge in [0.05, 0.1) is 50.2 Å². The number of aliphatic hydroxyl groups is 10. The van der Waals surface area contributed by atoms with E-state index in [2.05, 4.69) is 17.6 Å². The van der Waals surface area contributed by atoms with E-state index in [9.17, 15) is 75.3 Å². The van der Waals surface area contributed by atoms with Crippen LogP contribution in [0.5, 0.6) is 0 Å². The summed E-state index contributed by atoms with van der Waals surface area (Å²) in [5, 5.41) is 124. The molecule has 1 aromatic rings. The number of hydrogen-bond donors (Lipinski definition) is 13. The number of carboxylic acids is 1. The number of allylic oxidation sites excluding steroid dienone is 1. The molecule has 78 heavy (non-hydrogen) atoms. The first-order valence-corrected chi connectivity index (χ1v) is 27.6. The number of carboxylic acid groups (broad SMARTS) is 1. The Morgan fingerprint density at radius 2 is 1.36 bits per heavy atom. The average Bonchev–Trinajstić information content (AvgIpc) is 3.43. The highest BCUT2D eigenvalue weighted by atomic mass is 16.8. The third-order valence-corrected chi connectivity index (χ3v) is 14.2. The minimum Gasteiger partial charge on any atom is -0.477 e. The minimum atomic E-state index is -3.10. The molecule has 2 amide bonds. The number of benzene rings is 1. The summed E-state index contributed by atoms with van der Waals surface area (Å²) in [6.07, 6.45) is -10.5. The van der Waals surface area contributed by atoms with Gasteiger partial charge in [-0.05, 0) is 37.5 Å². The van der Waals surface area contributed by atoms with E-state index in [1.807, 2.05) is 13.0 Å². The highest BCUT2D eigenvalue weighted by molar-refractivity contribution is 5.89. The summed E-state index contributed by atoms with van der Waals surface area (Å²) >= 11 is 0. The number of amides is 2. The molecule has 0 unspecified atom stereocenters. The number of carbonyl (C=O) groups is 4. The van der Waals surface area contributed by atoms with Crippen LogP contribution in [0.1, 0.15) is 140 Å². The quantitative estimate of drug-likeness (QED) is 0.0248. The smallest absolute Gasteiger partial charge is 0.364 e. The SMILES string of the molecule is CCCCCCCCCCCCC/C=C/[C@@H](OC(=O)c1ccccc1)[C@H](CO[C@@H]1O[C@H](CO)[C@@H](O[C@H]2O[C@H](CO)[C@H](O)[C@H](O[C@]3(C(=O)O)C[C@H](O)[C@@H](NC(C)=O)[C@@H]([C@H](O)[C@H](O)CO)O3)[C@H]2O)[C@H](O)[C@H]1O)NC(=O)CCCCC. The summed E-state index contributed by atoms with van der Waals surface area (Å²) in [5.41, 5.74) is 0.244. The maximum Gasteiger partial charge on any atom is 0.364 e. The van der Waals surface area contributed by atoms with Crippen LogP contribution < -0.4 is 10.6 Å². The number of esters is 1. The van der Waals surface area contributed by atoms with Crippen LogP contribution in [0.15, 0.2) is 42.5 Å². The lowest BCUT2D eigenvalue weighted by atomic mass is 9.88. The van der Waals surface area contributed by atoms with E-state index in [1.54, 1.807) is 36.4 Å². The van der Waals surface area contributed by atoms with Crippen LogP contribution in [0.2, 0.25) is 0 Å². The van der Waals surface area contributed by atoms with Crippen LogP contribution in [0.25, 0.3) is 0 Å². The molecular formula is C54H88N2O22. The normalized spacial score (nSPS) is 31.0. The molecule has 3 heterocycles. The topological polar surface area (TPSA) is 379 Å². The average molecular weight is 1120 g/mol. The Bertz CT molecular complexity index is 1940. The molecule has 24 nitrogen and oxygen atoms in total. The molecule has 1 aromatic carbocycles. The molecule has 3 fully saturated rings. The van der Waals surface area contributed by atoms with Gasteiger partial charge in [-0.1, -0.05) is 115 Å². The number of carbonyl (C=O) groups excluding carboxylic acids is 3. The van der Waals surface area contributed by atoms with Crippen molar-refractivity contribution in [3.05, 3.63) is 48.0 Å². The minimum absolute atomic E-state index is 0.137. The predicted octanol–water partition coefficient (Wildman–Crippen LogP) is 0.349. The van der Waals surface area contributed by atoms with Gasteiger partial charge in [0.25, 0.3) is 5.79 Å². The van der Waals surface area contributed by atoms with Crippen molar-refractivity contribution in [3.63, 3.8) is 0 Å². The first-order chi connectivity index (χ1) is 37.4. The number of unbranched alkanes of at least 4 members (excludes halogenated alkanes) is 13. The molecule has 24 heteroatoms. The molecule has 0 bridgehead atoms. The number of aliphatic carboxylic acids is 1. The van der Waals surface area contributed by atoms with Crippen molar-refractivity contribution in [3.8, 4) is 0 Å². The van der Waals surface area contributed by atoms with Gasteiger partial charge in [-0.2, -0.15) is 0 Å². The Morgan fingerprint density at radius 1 is 0.756 bits per heavy atom. The van der Waals surface area contributed by atoms with E-state index in [-0.39, 0.29) is 17.9 Å². The Balaban J connectivity index is 1.53. The van der Waals surface area contributed by atoms with Crippen LogP contribution in [-0.4, -0.2) is 216 Å². The fraction of sp³-hybridized carbons (Fsp3) is 0.778. The molecule has 0 aromatic heterocycles. The molecule has 3 saturated heterocycles. The van der Waals surface area contributed by atoms with E-state index in [0.29, 0.717) is 12.8 Å². The van der Waals surface area contributed by atoms with Crippen molar-refractivity contribution in [2.75, 3.05) is 26.4 Å². The summed E-state index contributed by atoms with van der Waals surface area (Å²) in [6, 6.07) is 5.55. The largest absolute Gasteiger partial charge is 0.477 e. The maximum atomic E-state index is 13.6. The summed E-state index contributed by atoms with van der Waals surface area (Å²) in [6.45, 7) is 1.72. The predicted molar refractivity (Wildman–Crippen MR) is 276 cm³/mol. The molecule has 0 radical (unpaired) electrons. The zero-order valence-electron chi connectivity index (χ0n) is 45.1.